The zero-order chi connectivity index (χ0) is 13.9. The lowest BCUT2D eigenvalue weighted by atomic mass is 9.90. The van der Waals surface area contributed by atoms with Crippen molar-refractivity contribution in [2.75, 3.05) is 25.1 Å². The van der Waals surface area contributed by atoms with E-state index in [0.717, 1.165) is 12.8 Å². The molecule has 0 unspecified atom stereocenters. The molecule has 19 heavy (non-hydrogen) atoms. The number of pyridine rings is 1. The second kappa shape index (κ2) is 5.41. The highest BCUT2D eigenvalue weighted by molar-refractivity contribution is 7.89. The zero-order valence-electron chi connectivity index (χ0n) is 10.5. The molecule has 7 nitrogen and oxygen atoms in total. The first kappa shape index (κ1) is 14.2. The molecule has 1 aromatic heterocycles. The van der Waals surface area contributed by atoms with E-state index < -0.39 is 10.0 Å². The second-order valence-electron chi connectivity index (χ2n) is 4.65. The minimum atomic E-state index is -3.71. The summed E-state index contributed by atoms with van der Waals surface area (Å²) < 4.78 is 27.6. The molecule has 0 atom stereocenters. The number of nitrogens with two attached hydrogens (primary N) is 2. The molecular weight excluding hydrogens is 268 g/mol. The maximum Gasteiger partial charge on any atom is 0.239 e. The van der Waals surface area contributed by atoms with E-state index in [1.54, 1.807) is 6.07 Å². The molecule has 0 spiro atoms. The van der Waals surface area contributed by atoms with Crippen LogP contribution in [0, 0.1) is 0 Å². The number of nitrogens with zero attached hydrogens (tertiary/aromatic N) is 1. The van der Waals surface area contributed by atoms with E-state index in [2.05, 4.69) is 10.3 Å². The highest BCUT2D eigenvalue weighted by Crippen LogP contribution is 2.24. The van der Waals surface area contributed by atoms with Gasteiger partial charge < -0.3 is 15.8 Å². The van der Waals surface area contributed by atoms with Crippen LogP contribution in [0.1, 0.15) is 12.8 Å². The smallest absolute Gasteiger partial charge is 0.239 e. The molecule has 0 radical (unpaired) electrons. The van der Waals surface area contributed by atoms with Crippen molar-refractivity contribution in [3.63, 3.8) is 0 Å². The number of primary sulfonamides is 1. The molecule has 1 fully saturated rings. The number of rotatable bonds is 4. The molecule has 1 aliphatic rings. The molecular formula is C11H18N4O3S. The second-order valence-corrected chi connectivity index (χ2v) is 6.21. The fourth-order valence-electron chi connectivity index (χ4n) is 2.04. The van der Waals surface area contributed by atoms with E-state index in [-0.39, 0.29) is 10.4 Å². The molecule has 106 valence electrons. The van der Waals surface area contributed by atoms with Crippen molar-refractivity contribution in [3.8, 4) is 0 Å². The van der Waals surface area contributed by atoms with Gasteiger partial charge in [-0.05, 0) is 25.0 Å². The average molecular weight is 286 g/mol. The molecule has 2 rings (SSSR count). The Morgan fingerprint density at radius 3 is 2.53 bits per heavy atom. The van der Waals surface area contributed by atoms with Crippen LogP contribution in [0.3, 0.4) is 0 Å². The first-order valence-electron chi connectivity index (χ1n) is 6.00. The van der Waals surface area contributed by atoms with Gasteiger partial charge in [0.1, 0.15) is 10.7 Å². The molecule has 0 saturated carbocycles. The fourth-order valence-corrected chi connectivity index (χ4v) is 2.49. The van der Waals surface area contributed by atoms with Crippen LogP contribution in [0.5, 0.6) is 0 Å². The Kier molecular flexibility index (Phi) is 4.04. The van der Waals surface area contributed by atoms with E-state index in [0.29, 0.717) is 25.6 Å². The Balaban J connectivity index is 2.14. The average Bonchev–Trinajstić information content (AvgIpc) is 2.39. The van der Waals surface area contributed by atoms with E-state index >= 15 is 0 Å². The number of aromatic nitrogens is 1. The van der Waals surface area contributed by atoms with E-state index in [1.807, 2.05) is 0 Å². The zero-order valence-corrected chi connectivity index (χ0v) is 11.3. The number of sulfonamides is 1. The molecule has 8 heteroatoms. The van der Waals surface area contributed by atoms with Crippen molar-refractivity contribution in [1.82, 2.24) is 4.98 Å². The largest absolute Gasteiger partial charge is 0.381 e. The number of nitrogens with one attached hydrogen (secondary N) is 1. The SMILES string of the molecule is NCC1(Nc2ccc(S(N)(=O)=O)cn2)CCOCC1. The maximum absolute atomic E-state index is 11.1. The first-order valence-corrected chi connectivity index (χ1v) is 7.55. The molecule has 2 heterocycles. The van der Waals surface area contributed by atoms with Crippen LogP contribution in [0.25, 0.3) is 0 Å². The van der Waals surface area contributed by atoms with Crippen molar-refractivity contribution in [2.45, 2.75) is 23.3 Å². The maximum atomic E-state index is 11.1. The number of anilines is 1. The van der Waals surface area contributed by atoms with Crippen LogP contribution < -0.4 is 16.2 Å². The van der Waals surface area contributed by atoms with Gasteiger partial charge in [-0.1, -0.05) is 0 Å². The molecule has 0 aromatic carbocycles. The molecule has 1 aromatic rings. The van der Waals surface area contributed by atoms with E-state index in [9.17, 15) is 8.42 Å². The minimum absolute atomic E-state index is 0.00757. The van der Waals surface area contributed by atoms with E-state index in [4.69, 9.17) is 15.6 Å². The fraction of sp³-hybridized carbons (Fsp3) is 0.545. The summed E-state index contributed by atoms with van der Waals surface area (Å²) in [6, 6.07) is 3.01. The van der Waals surface area contributed by atoms with Gasteiger partial charge in [0.2, 0.25) is 10.0 Å². The Morgan fingerprint density at radius 2 is 2.05 bits per heavy atom. The van der Waals surface area contributed by atoms with Gasteiger partial charge in [0, 0.05) is 26.0 Å². The lowest BCUT2D eigenvalue weighted by Gasteiger charge is -2.37. The topological polar surface area (TPSA) is 120 Å². The molecule has 1 saturated heterocycles. The van der Waals surface area contributed by atoms with E-state index in [1.165, 1.54) is 12.3 Å². The Morgan fingerprint density at radius 1 is 1.37 bits per heavy atom. The van der Waals surface area contributed by atoms with Crippen molar-refractivity contribution in [2.24, 2.45) is 10.9 Å². The van der Waals surface area contributed by atoms with Crippen LogP contribution in [-0.4, -0.2) is 38.7 Å². The number of ether oxygens (including phenoxy) is 1. The van der Waals surface area contributed by atoms with Crippen molar-refractivity contribution < 1.29 is 13.2 Å². The highest BCUT2D eigenvalue weighted by Gasteiger charge is 2.31. The summed E-state index contributed by atoms with van der Waals surface area (Å²) in [5.41, 5.74) is 5.58. The predicted octanol–water partition coefficient (Wildman–Crippen LogP) is -0.351. The van der Waals surface area contributed by atoms with Gasteiger partial charge in [0.05, 0.1) is 5.54 Å². The van der Waals surface area contributed by atoms with Crippen molar-refractivity contribution >= 4 is 15.8 Å². The normalized spacial score (nSPS) is 19.1. The Bertz CT molecular complexity index is 523. The van der Waals surface area contributed by atoms with Crippen LogP contribution in [0.2, 0.25) is 0 Å². The summed E-state index contributed by atoms with van der Waals surface area (Å²) in [6.07, 6.45) is 2.82. The standard InChI is InChI=1S/C11H18N4O3S/c12-8-11(3-5-18-6-4-11)15-10-2-1-9(7-14-10)19(13,16)17/h1-2,7H,3-6,8,12H2,(H,14,15)(H2,13,16,17). The third kappa shape index (κ3) is 3.41. The molecule has 1 aliphatic heterocycles. The van der Waals surface area contributed by atoms with Crippen LogP contribution in [-0.2, 0) is 14.8 Å². The monoisotopic (exact) mass is 286 g/mol. The van der Waals surface area contributed by atoms with Gasteiger partial charge in [-0.25, -0.2) is 18.5 Å². The summed E-state index contributed by atoms with van der Waals surface area (Å²) in [6.45, 7) is 1.77. The molecule has 0 amide bonds. The summed E-state index contributed by atoms with van der Waals surface area (Å²) in [5.74, 6) is 0.583. The minimum Gasteiger partial charge on any atom is -0.381 e. The predicted molar refractivity (Wildman–Crippen MR) is 71.1 cm³/mol. The van der Waals surface area contributed by atoms with Gasteiger partial charge in [0.25, 0.3) is 0 Å². The third-order valence-electron chi connectivity index (χ3n) is 3.30. The third-order valence-corrected chi connectivity index (χ3v) is 4.20. The van der Waals surface area contributed by atoms with Crippen molar-refractivity contribution in [1.29, 1.82) is 0 Å². The van der Waals surface area contributed by atoms with Gasteiger partial charge in [0.15, 0.2) is 0 Å². The number of hydrogen-bond acceptors (Lipinski definition) is 6. The Labute approximate surface area is 112 Å². The Hall–Kier alpha value is -1.22. The van der Waals surface area contributed by atoms with Gasteiger partial charge in [-0.2, -0.15) is 0 Å². The lowest BCUT2D eigenvalue weighted by molar-refractivity contribution is 0.0627. The van der Waals surface area contributed by atoms with Crippen LogP contribution in [0.15, 0.2) is 23.2 Å². The summed E-state index contributed by atoms with van der Waals surface area (Å²) >= 11 is 0. The van der Waals surface area contributed by atoms with Gasteiger partial charge in [-0.15, -0.1) is 0 Å². The summed E-state index contributed by atoms with van der Waals surface area (Å²) in [7, 11) is -3.71. The summed E-state index contributed by atoms with van der Waals surface area (Å²) in [5, 5.41) is 8.29. The first-order chi connectivity index (χ1) is 8.95. The van der Waals surface area contributed by atoms with Crippen molar-refractivity contribution in [3.05, 3.63) is 18.3 Å². The lowest BCUT2D eigenvalue weighted by Crippen LogP contribution is -2.49. The molecule has 5 N–H and O–H groups in total. The highest BCUT2D eigenvalue weighted by atomic mass is 32.2. The van der Waals surface area contributed by atoms with Crippen LogP contribution in [0.4, 0.5) is 5.82 Å². The summed E-state index contributed by atoms with van der Waals surface area (Å²) in [4.78, 5) is 4.06. The molecule has 0 aliphatic carbocycles. The van der Waals surface area contributed by atoms with Gasteiger partial charge >= 0.3 is 0 Å². The number of hydrogen-bond donors (Lipinski definition) is 3. The van der Waals surface area contributed by atoms with Gasteiger partial charge in [-0.3, -0.25) is 0 Å². The van der Waals surface area contributed by atoms with Crippen LogP contribution >= 0.6 is 0 Å². The molecule has 0 bridgehead atoms. The quantitative estimate of drug-likeness (QED) is 0.695.